The van der Waals surface area contributed by atoms with Crippen LogP contribution >= 0.6 is 0 Å². The first-order valence-electron chi connectivity index (χ1n) is 8.29. The van der Waals surface area contributed by atoms with Gasteiger partial charge in [-0.05, 0) is 58.3 Å². The van der Waals surface area contributed by atoms with Crippen LogP contribution in [-0.4, -0.2) is 52.5 Å². The van der Waals surface area contributed by atoms with Gasteiger partial charge in [0.2, 0.25) is 5.91 Å². The summed E-state index contributed by atoms with van der Waals surface area (Å²) >= 11 is 0. The molecular formula is C17H27N3O. The van der Waals surface area contributed by atoms with Crippen molar-refractivity contribution in [1.29, 1.82) is 0 Å². The molecule has 0 saturated carbocycles. The van der Waals surface area contributed by atoms with E-state index in [0.29, 0.717) is 24.4 Å². The van der Waals surface area contributed by atoms with Gasteiger partial charge in [0.1, 0.15) is 0 Å². The highest BCUT2D eigenvalue weighted by atomic mass is 16.2. The summed E-state index contributed by atoms with van der Waals surface area (Å²) in [6.45, 7) is 4.26. The Morgan fingerprint density at radius 1 is 1.14 bits per heavy atom. The summed E-state index contributed by atoms with van der Waals surface area (Å²) in [5.41, 5.74) is 0. The number of aromatic nitrogens is 1. The molecule has 4 nitrogen and oxygen atoms in total. The molecule has 0 aromatic carbocycles. The maximum Gasteiger partial charge on any atom is 0.224 e. The molecule has 0 spiro atoms. The minimum absolute atomic E-state index is 0.245. The van der Waals surface area contributed by atoms with E-state index in [0.717, 1.165) is 6.54 Å². The van der Waals surface area contributed by atoms with Crippen molar-refractivity contribution in [2.45, 2.75) is 57.2 Å². The molecule has 3 heterocycles. The van der Waals surface area contributed by atoms with E-state index in [-0.39, 0.29) is 6.04 Å². The second kappa shape index (κ2) is 6.22. The third-order valence-electron chi connectivity index (χ3n) is 5.25. The lowest BCUT2D eigenvalue weighted by Crippen LogP contribution is -2.47. The van der Waals surface area contributed by atoms with Gasteiger partial charge in [-0.25, -0.2) is 0 Å². The van der Waals surface area contributed by atoms with Gasteiger partial charge in [-0.2, -0.15) is 0 Å². The molecule has 3 atom stereocenters. The Kier molecular flexibility index (Phi) is 4.34. The van der Waals surface area contributed by atoms with Crippen LogP contribution in [0.2, 0.25) is 0 Å². The van der Waals surface area contributed by atoms with Gasteiger partial charge in [0.15, 0.2) is 0 Å². The first kappa shape index (κ1) is 14.6. The second-order valence-electron chi connectivity index (χ2n) is 6.67. The molecule has 0 N–H and O–H groups in total. The van der Waals surface area contributed by atoms with Crippen molar-refractivity contribution in [3.63, 3.8) is 0 Å². The van der Waals surface area contributed by atoms with Crippen LogP contribution in [0.5, 0.6) is 0 Å². The van der Waals surface area contributed by atoms with E-state index in [1.165, 1.54) is 32.2 Å². The van der Waals surface area contributed by atoms with E-state index in [4.69, 9.17) is 0 Å². The van der Waals surface area contributed by atoms with E-state index in [2.05, 4.69) is 28.3 Å². The summed E-state index contributed by atoms with van der Waals surface area (Å²) in [6, 6.07) is 5.32. The molecule has 2 fully saturated rings. The molecule has 0 aliphatic carbocycles. The maximum absolute atomic E-state index is 12.7. The quantitative estimate of drug-likeness (QED) is 0.852. The van der Waals surface area contributed by atoms with Crippen LogP contribution in [-0.2, 0) is 4.79 Å². The normalized spacial score (nSPS) is 28.2. The Balaban J connectivity index is 1.63. The number of likely N-dealkylation sites (N-methyl/N-ethyl adjacent to an activating group) is 1. The molecule has 116 valence electrons. The number of likely N-dealkylation sites (tertiary alicyclic amines) is 2. The van der Waals surface area contributed by atoms with Crippen molar-refractivity contribution < 1.29 is 4.79 Å². The molecule has 0 bridgehead atoms. The Morgan fingerprint density at radius 3 is 2.48 bits per heavy atom. The highest BCUT2D eigenvalue weighted by molar-refractivity contribution is 5.77. The summed E-state index contributed by atoms with van der Waals surface area (Å²) in [5, 5.41) is 0. The highest BCUT2D eigenvalue weighted by Crippen LogP contribution is 2.30. The second-order valence-corrected chi connectivity index (χ2v) is 6.67. The van der Waals surface area contributed by atoms with Crippen LogP contribution < -0.4 is 0 Å². The zero-order valence-electron chi connectivity index (χ0n) is 13.2. The third-order valence-corrected chi connectivity index (χ3v) is 5.25. The van der Waals surface area contributed by atoms with Crippen LogP contribution in [0.1, 0.15) is 45.1 Å². The van der Waals surface area contributed by atoms with Crippen LogP contribution in [0.3, 0.4) is 0 Å². The van der Waals surface area contributed by atoms with Crippen molar-refractivity contribution in [3.8, 4) is 0 Å². The standard InChI is InChI=1S/C17H27N3O/c1-14(19-10-3-4-11-19)13-17(21)20-12-6-8-16(20)15-7-5-9-18(15)2/h3-4,10-11,14-16H,5-9,12-13H2,1-2H3/t14-,15+,16-/m1/s1. The lowest BCUT2D eigenvalue weighted by molar-refractivity contribution is -0.133. The van der Waals surface area contributed by atoms with Crippen LogP contribution in [0.4, 0.5) is 0 Å². The fourth-order valence-corrected chi connectivity index (χ4v) is 4.04. The average Bonchev–Trinajstić information content (AvgIpc) is 3.19. The van der Waals surface area contributed by atoms with Crippen molar-refractivity contribution in [3.05, 3.63) is 24.5 Å². The lowest BCUT2D eigenvalue weighted by atomic mass is 10.0. The zero-order chi connectivity index (χ0) is 14.8. The SMILES string of the molecule is C[C@H](CC(=O)N1CCC[C@@H]1[C@@H]1CCCN1C)n1cccc1. The van der Waals surface area contributed by atoms with Gasteiger partial charge in [0.05, 0.1) is 0 Å². The minimum atomic E-state index is 0.245. The highest BCUT2D eigenvalue weighted by Gasteiger charge is 2.38. The van der Waals surface area contributed by atoms with Gasteiger partial charge in [0, 0.05) is 43.5 Å². The van der Waals surface area contributed by atoms with Gasteiger partial charge in [-0.3, -0.25) is 4.79 Å². The monoisotopic (exact) mass is 289 g/mol. The summed E-state index contributed by atoms with van der Waals surface area (Å²) in [6.07, 6.45) is 9.57. The van der Waals surface area contributed by atoms with E-state index < -0.39 is 0 Å². The number of carbonyl (C=O) groups excluding carboxylic acids is 1. The molecule has 0 unspecified atom stereocenters. The molecule has 2 aliphatic rings. The van der Waals surface area contributed by atoms with Gasteiger partial charge < -0.3 is 14.4 Å². The number of carbonyl (C=O) groups is 1. The fraction of sp³-hybridized carbons (Fsp3) is 0.706. The largest absolute Gasteiger partial charge is 0.351 e. The van der Waals surface area contributed by atoms with Crippen molar-refractivity contribution in [2.75, 3.05) is 20.1 Å². The predicted octanol–water partition coefficient (Wildman–Crippen LogP) is 2.52. The van der Waals surface area contributed by atoms with Crippen molar-refractivity contribution in [1.82, 2.24) is 14.4 Å². The number of hydrogen-bond donors (Lipinski definition) is 0. The number of hydrogen-bond acceptors (Lipinski definition) is 2. The molecule has 2 saturated heterocycles. The molecular weight excluding hydrogens is 262 g/mol. The van der Waals surface area contributed by atoms with Gasteiger partial charge in [-0.1, -0.05) is 0 Å². The van der Waals surface area contributed by atoms with Gasteiger partial charge in [0.25, 0.3) is 0 Å². The molecule has 3 rings (SSSR count). The predicted molar refractivity (Wildman–Crippen MR) is 84.1 cm³/mol. The molecule has 4 heteroatoms. The molecule has 0 radical (unpaired) electrons. The van der Waals surface area contributed by atoms with Crippen molar-refractivity contribution >= 4 is 5.91 Å². The van der Waals surface area contributed by atoms with E-state index in [1.54, 1.807) is 0 Å². The summed E-state index contributed by atoms with van der Waals surface area (Å²) in [5.74, 6) is 0.332. The number of rotatable bonds is 4. The van der Waals surface area contributed by atoms with Crippen molar-refractivity contribution in [2.24, 2.45) is 0 Å². The minimum Gasteiger partial charge on any atom is -0.351 e. The topological polar surface area (TPSA) is 28.5 Å². The molecule has 1 amide bonds. The van der Waals surface area contributed by atoms with E-state index in [1.807, 2.05) is 24.5 Å². The Bertz CT molecular complexity index is 470. The molecule has 2 aliphatic heterocycles. The van der Waals surface area contributed by atoms with E-state index >= 15 is 0 Å². The van der Waals surface area contributed by atoms with Crippen LogP contribution in [0.15, 0.2) is 24.5 Å². The van der Waals surface area contributed by atoms with Gasteiger partial charge in [-0.15, -0.1) is 0 Å². The first-order chi connectivity index (χ1) is 10.2. The summed E-state index contributed by atoms with van der Waals surface area (Å²) in [7, 11) is 2.21. The maximum atomic E-state index is 12.7. The third kappa shape index (κ3) is 3.00. The molecule has 1 aromatic rings. The zero-order valence-corrected chi connectivity index (χ0v) is 13.2. The smallest absolute Gasteiger partial charge is 0.224 e. The Hall–Kier alpha value is -1.29. The van der Waals surface area contributed by atoms with E-state index in [9.17, 15) is 4.79 Å². The first-order valence-corrected chi connectivity index (χ1v) is 8.29. The molecule has 1 aromatic heterocycles. The molecule has 21 heavy (non-hydrogen) atoms. The Labute approximate surface area is 127 Å². The average molecular weight is 289 g/mol. The van der Waals surface area contributed by atoms with Crippen LogP contribution in [0, 0.1) is 0 Å². The van der Waals surface area contributed by atoms with Gasteiger partial charge >= 0.3 is 0 Å². The Morgan fingerprint density at radius 2 is 1.81 bits per heavy atom. The fourth-order valence-electron chi connectivity index (χ4n) is 4.04. The summed E-state index contributed by atoms with van der Waals surface area (Å²) in [4.78, 5) is 17.3. The van der Waals surface area contributed by atoms with Crippen LogP contribution in [0.25, 0.3) is 0 Å². The number of nitrogens with zero attached hydrogens (tertiary/aromatic N) is 3. The summed E-state index contributed by atoms with van der Waals surface area (Å²) < 4.78 is 2.13. The lowest BCUT2D eigenvalue weighted by Gasteiger charge is -2.34. The number of amides is 1.